The van der Waals surface area contributed by atoms with Crippen molar-refractivity contribution >= 4 is 5.97 Å². The molecule has 1 fully saturated rings. The van der Waals surface area contributed by atoms with Crippen molar-refractivity contribution < 1.29 is 14.6 Å². The van der Waals surface area contributed by atoms with E-state index in [9.17, 15) is 4.79 Å². The molecule has 1 aliphatic rings. The van der Waals surface area contributed by atoms with Crippen LogP contribution in [0.2, 0.25) is 0 Å². The molecule has 16 heavy (non-hydrogen) atoms. The second-order valence-electron chi connectivity index (χ2n) is 5.14. The molecule has 0 spiro atoms. The molecule has 1 heterocycles. The fraction of sp³-hybridized carbons (Fsp3) is 0.917. The molecule has 1 N–H and O–H groups in total. The van der Waals surface area contributed by atoms with Crippen LogP contribution >= 0.6 is 0 Å². The van der Waals surface area contributed by atoms with E-state index in [-0.39, 0.29) is 0 Å². The highest BCUT2D eigenvalue weighted by molar-refractivity contribution is 5.73. The molecule has 0 amide bonds. The average Bonchev–Trinajstić information content (AvgIpc) is 2.26. The minimum atomic E-state index is -0.715. The SMILES string of the molecule is CCC1CN(CCC(C)(C)C(=O)O)CCO1. The molecule has 1 unspecified atom stereocenters. The second kappa shape index (κ2) is 5.64. The Kier molecular flexibility index (Phi) is 4.74. The Morgan fingerprint density at radius 1 is 1.56 bits per heavy atom. The highest BCUT2D eigenvalue weighted by Gasteiger charge is 2.28. The number of nitrogens with zero attached hydrogens (tertiary/aromatic N) is 1. The summed E-state index contributed by atoms with van der Waals surface area (Å²) in [5.74, 6) is -0.715. The van der Waals surface area contributed by atoms with Gasteiger partial charge in [0.2, 0.25) is 0 Å². The Hall–Kier alpha value is -0.610. The minimum absolute atomic E-state index is 0.321. The van der Waals surface area contributed by atoms with E-state index in [4.69, 9.17) is 9.84 Å². The Labute approximate surface area is 97.6 Å². The lowest BCUT2D eigenvalue weighted by atomic mass is 9.89. The van der Waals surface area contributed by atoms with Crippen molar-refractivity contribution in [1.82, 2.24) is 4.90 Å². The standard InChI is InChI=1S/C12H23NO3/c1-4-10-9-13(7-8-16-10)6-5-12(2,3)11(14)15/h10H,4-9H2,1-3H3,(H,14,15). The predicted molar refractivity (Wildman–Crippen MR) is 62.5 cm³/mol. The van der Waals surface area contributed by atoms with Gasteiger partial charge >= 0.3 is 5.97 Å². The molecule has 1 aliphatic heterocycles. The van der Waals surface area contributed by atoms with E-state index >= 15 is 0 Å². The summed E-state index contributed by atoms with van der Waals surface area (Å²) in [4.78, 5) is 13.3. The van der Waals surface area contributed by atoms with Gasteiger partial charge in [0.15, 0.2) is 0 Å². The van der Waals surface area contributed by atoms with Gasteiger partial charge in [-0.15, -0.1) is 0 Å². The summed E-state index contributed by atoms with van der Waals surface area (Å²) >= 11 is 0. The maximum atomic E-state index is 11.0. The molecule has 0 aromatic heterocycles. The van der Waals surface area contributed by atoms with Gasteiger partial charge in [0, 0.05) is 13.1 Å². The van der Waals surface area contributed by atoms with Gasteiger partial charge < -0.3 is 9.84 Å². The first-order chi connectivity index (χ1) is 7.45. The first kappa shape index (κ1) is 13.5. The van der Waals surface area contributed by atoms with Crippen molar-refractivity contribution in [2.75, 3.05) is 26.2 Å². The molecule has 0 aliphatic carbocycles. The fourth-order valence-corrected chi connectivity index (χ4v) is 1.78. The molecular weight excluding hydrogens is 206 g/mol. The van der Waals surface area contributed by atoms with E-state index in [1.54, 1.807) is 13.8 Å². The van der Waals surface area contributed by atoms with Crippen molar-refractivity contribution in [3.63, 3.8) is 0 Å². The number of carboxylic acid groups (broad SMARTS) is 1. The van der Waals surface area contributed by atoms with Crippen LogP contribution in [-0.2, 0) is 9.53 Å². The zero-order valence-electron chi connectivity index (χ0n) is 10.5. The third kappa shape index (κ3) is 3.76. The first-order valence-corrected chi connectivity index (χ1v) is 6.03. The normalized spacial score (nSPS) is 23.3. The van der Waals surface area contributed by atoms with Crippen LogP contribution < -0.4 is 0 Å². The van der Waals surface area contributed by atoms with E-state index in [0.29, 0.717) is 12.5 Å². The largest absolute Gasteiger partial charge is 0.481 e. The summed E-state index contributed by atoms with van der Waals surface area (Å²) in [6.07, 6.45) is 2.04. The van der Waals surface area contributed by atoms with Gasteiger partial charge in [-0.25, -0.2) is 0 Å². The molecule has 1 saturated heterocycles. The second-order valence-corrected chi connectivity index (χ2v) is 5.14. The molecule has 4 heteroatoms. The number of hydrogen-bond donors (Lipinski definition) is 1. The molecule has 94 valence electrons. The van der Waals surface area contributed by atoms with Gasteiger partial charge in [-0.2, -0.15) is 0 Å². The zero-order valence-corrected chi connectivity index (χ0v) is 10.5. The molecule has 0 bridgehead atoms. The average molecular weight is 229 g/mol. The molecule has 0 saturated carbocycles. The molecule has 0 radical (unpaired) electrons. The number of carboxylic acids is 1. The quantitative estimate of drug-likeness (QED) is 0.778. The van der Waals surface area contributed by atoms with Crippen molar-refractivity contribution in [1.29, 1.82) is 0 Å². The van der Waals surface area contributed by atoms with Crippen molar-refractivity contribution in [3.8, 4) is 0 Å². The number of aliphatic carboxylic acids is 1. The van der Waals surface area contributed by atoms with Crippen molar-refractivity contribution in [2.24, 2.45) is 5.41 Å². The highest BCUT2D eigenvalue weighted by Crippen LogP contribution is 2.21. The summed E-state index contributed by atoms with van der Waals surface area (Å²) in [6, 6.07) is 0. The summed E-state index contributed by atoms with van der Waals surface area (Å²) < 4.78 is 5.58. The van der Waals surface area contributed by atoms with Gasteiger partial charge in [0.1, 0.15) is 0 Å². The molecule has 0 aromatic carbocycles. The number of hydrogen-bond acceptors (Lipinski definition) is 3. The van der Waals surface area contributed by atoms with Crippen LogP contribution in [0.4, 0.5) is 0 Å². The van der Waals surface area contributed by atoms with Gasteiger partial charge in [0.05, 0.1) is 18.1 Å². The molecule has 4 nitrogen and oxygen atoms in total. The van der Waals surface area contributed by atoms with Crippen LogP contribution in [0.5, 0.6) is 0 Å². The first-order valence-electron chi connectivity index (χ1n) is 6.03. The van der Waals surface area contributed by atoms with Crippen LogP contribution in [-0.4, -0.2) is 48.3 Å². The van der Waals surface area contributed by atoms with Crippen LogP contribution in [0.1, 0.15) is 33.6 Å². The lowest BCUT2D eigenvalue weighted by molar-refractivity contribution is -0.147. The molecule has 1 rings (SSSR count). The summed E-state index contributed by atoms with van der Waals surface area (Å²) in [5.41, 5.74) is -0.625. The number of rotatable bonds is 5. The van der Waals surface area contributed by atoms with Gasteiger partial charge in [-0.3, -0.25) is 9.69 Å². The lowest BCUT2D eigenvalue weighted by Gasteiger charge is -2.34. The number of ether oxygens (including phenoxy) is 1. The smallest absolute Gasteiger partial charge is 0.309 e. The van der Waals surface area contributed by atoms with E-state index in [0.717, 1.165) is 32.7 Å². The van der Waals surface area contributed by atoms with E-state index in [1.807, 2.05) is 0 Å². The molecule has 1 atom stereocenters. The summed E-state index contributed by atoms with van der Waals surface area (Å²) in [7, 11) is 0. The Morgan fingerprint density at radius 2 is 2.25 bits per heavy atom. The Bertz CT molecular complexity index is 240. The third-order valence-electron chi connectivity index (χ3n) is 3.31. The van der Waals surface area contributed by atoms with E-state index in [1.165, 1.54) is 0 Å². The molecular formula is C12H23NO3. The van der Waals surface area contributed by atoms with Crippen LogP contribution in [0.25, 0.3) is 0 Å². The van der Waals surface area contributed by atoms with Crippen LogP contribution in [0.3, 0.4) is 0 Å². The number of carbonyl (C=O) groups is 1. The highest BCUT2D eigenvalue weighted by atomic mass is 16.5. The monoisotopic (exact) mass is 229 g/mol. The van der Waals surface area contributed by atoms with Crippen molar-refractivity contribution in [3.05, 3.63) is 0 Å². The van der Waals surface area contributed by atoms with E-state index < -0.39 is 11.4 Å². The lowest BCUT2D eigenvalue weighted by Crippen LogP contribution is -2.43. The van der Waals surface area contributed by atoms with Gasteiger partial charge in [-0.1, -0.05) is 6.92 Å². The summed E-state index contributed by atoms with van der Waals surface area (Å²) in [5, 5.41) is 9.03. The summed E-state index contributed by atoms with van der Waals surface area (Å²) in [6.45, 7) is 9.17. The predicted octanol–water partition coefficient (Wildman–Crippen LogP) is 1.60. The third-order valence-corrected chi connectivity index (χ3v) is 3.31. The topological polar surface area (TPSA) is 49.8 Å². The molecule has 0 aromatic rings. The minimum Gasteiger partial charge on any atom is -0.481 e. The van der Waals surface area contributed by atoms with Gasteiger partial charge in [-0.05, 0) is 33.2 Å². The zero-order chi connectivity index (χ0) is 12.2. The Balaban J connectivity index is 2.35. The van der Waals surface area contributed by atoms with Crippen molar-refractivity contribution in [2.45, 2.75) is 39.7 Å². The Morgan fingerprint density at radius 3 is 2.81 bits per heavy atom. The van der Waals surface area contributed by atoms with Crippen LogP contribution in [0, 0.1) is 5.41 Å². The maximum absolute atomic E-state index is 11.0. The van der Waals surface area contributed by atoms with E-state index in [2.05, 4.69) is 11.8 Å². The van der Waals surface area contributed by atoms with Crippen LogP contribution in [0.15, 0.2) is 0 Å². The maximum Gasteiger partial charge on any atom is 0.309 e. The number of morpholine rings is 1. The fourth-order valence-electron chi connectivity index (χ4n) is 1.78. The van der Waals surface area contributed by atoms with Gasteiger partial charge in [0.25, 0.3) is 0 Å².